The fraction of sp³-hybridized carbons (Fsp3) is 0.667. The maximum Gasteiger partial charge on any atom is 0.409 e. The van der Waals surface area contributed by atoms with E-state index in [2.05, 4.69) is 60.4 Å². The number of carbonyl (C=O) groups is 1. The zero-order chi connectivity index (χ0) is 31.7. The molecule has 44 heavy (non-hydrogen) atoms. The van der Waals surface area contributed by atoms with Crippen molar-refractivity contribution in [3.8, 4) is 0 Å². The van der Waals surface area contributed by atoms with Gasteiger partial charge in [-0.1, -0.05) is 164 Å². The largest absolute Gasteiger partial charge is 0.446 e. The van der Waals surface area contributed by atoms with E-state index in [1.165, 1.54) is 107 Å². The molecule has 2 aromatic carbocycles. The van der Waals surface area contributed by atoms with Crippen LogP contribution in [0.3, 0.4) is 0 Å². The van der Waals surface area contributed by atoms with Gasteiger partial charge in [-0.15, -0.1) is 0 Å². The Bertz CT molecular complexity index is 913. The van der Waals surface area contributed by atoms with Crippen molar-refractivity contribution in [2.24, 2.45) is 0 Å². The molecule has 0 aliphatic carbocycles. The van der Waals surface area contributed by atoms with E-state index in [0.717, 1.165) is 26.1 Å². The highest BCUT2D eigenvalue weighted by molar-refractivity contribution is 5.67. The lowest BCUT2D eigenvalue weighted by molar-refractivity contribution is -0.0683. The van der Waals surface area contributed by atoms with Crippen molar-refractivity contribution < 1.29 is 14.3 Å². The fourth-order valence-electron chi connectivity index (χ4n) is 5.81. The molecule has 0 aliphatic heterocycles. The van der Waals surface area contributed by atoms with E-state index in [1.807, 2.05) is 26.1 Å². The maximum absolute atomic E-state index is 12.8. The minimum atomic E-state index is -0.617. The third-order valence-electron chi connectivity index (χ3n) is 8.71. The van der Waals surface area contributed by atoms with Crippen LogP contribution in [0.5, 0.6) is 0 Å². The number of rotatable bonds is 26. The van der Waals surface area contributed by atoms with E-state index in [9.17, 15) is 4.79 Å². The van der Waals surface area contributed by atoms with Crippen LogP contribution < -0.4 is 0 Å². The van der Waals surface area contributed by atoms with E-state index in [4.69, 9.17) is 9.47 Å². The lowest BCUT2D eigenvalue weighted by atomic mass is 10.0. The molecule has 0 N–H and O–H groups in total. The van der Waals surface area contributed by atoms with Gasteiger partial charge in [0.15, 0.2) is 0 Å². The Morgan fingerprint density at radius 1 is 0.659 bits per heavy atom. The molecule has 248 valence electrons. The molecule has 1 amide bonds. The van der Waals surface area contributed by atoms with E-state index in [1.54, 1.807) is 12.0 Å². The van der Waals surface area contributed by atoms with Gasteiger partial charge in [-0.25, -0.2) is 4.79 Å². The number of hydrogen-bond donors (Lipinski definition) is 0. The van der Waals surface area contributed by atoms with Crippen LogP contribution >= 0.6 is 0 Å². The molecule has 0 spiro atoms. The van der Waals surface area contributed by atoms with Crippen molar-refractivity contribution in [1.29, 1.82) is 0 Å². The molecular formula is C39H64N2O3. The summed E-state index contributed by atoms with van der Waals surface area (Å²) < 4.78 is 11.7. The second-order valence-corrected chi connectivity index (χ2v) is 13.0. The van der Waals surface area contributed by atoms with Crippen molar-refractivity contribution in [2.75, 3.05) is 33.9 Å². The minimum absolute atomic E-state index is 0.214. The molecule has 0 aliphatic rings. The van der Waals surface area contributed by atoms with E-state index in [0.29, 0.717) is 6.54 Å². The Labute approximate surface area is 270 Å². The van der Waals surface area contributed by atoms with Gasteiger partial charge in [0.2, 0.25) is 0 Å². The first kappa shape index (κ1) is 37.8. The summed E-state index contributed by atoms with van der Waals surface area (Å²) in [6.07, 6.45) is 21.3. The summed E-state index contributed by atoms with van der Waals surface area (Å²) in [6, 6.07) is 21.0. The van der Waals surface area contributed by atoms with Gasteiger partial charge >= 0.3 is 6.09 Å². The summed E-state index contributed by atoms with van der Waals surface area (Å²) >= 11 is 0. The van der Waals surface area contributed by atoms with Crippen LogP contribution in [0, 0.1) is 0 Å². The predicted molar refractivity (Wildman–Crippen MR) is 186 cm³/mol. The smallest absolute Gasteiger partial charge is 0.409 e. The second kappa shape index (κ2) is 23.9. The molecule has 1 atom stereocenters. The topological polar surface area (TPSA) is 42.0 Å². The highest BCUT2D eigenvalue weighted by Gasteiger charge is 2.30. The van der Waals surface area contributed by atoms with Gasteiger partial charge in [-0.2, -0.15) is 0 Å². The molecule has 0 saturated carbocycles. The van der Waals surface area contributed by atoms with Crippen LogP contribution in [0.1, 0.15) is 128 Å². The van der Waals surface area contributed by atoms with E-state index < -0.39 is 5.60 Å². The van der Waals surface area contributed by atoms with E-state index in [-0.39, 0.29) is 12.7 Å². The molecule has 0 saturated heterocycles. The SMILES string of the molecule is CCCCCCCCCCCCCCCCCCN(C)C(=O)OCC(C)(CN(Cc1ccccc1)Cc1ccccc1)OC. The molecule has 0 heterocycles. The first-order valence-corrected chi connectivity index (χ1v) is 17.7. The molecule has 5 heteroatoms. The predicted octanol–water partition coefficient (Wildman–Crippen LogP) is 10.4. The van der Waals surface area contributed by atoms with Gasteiger partial charge in [0.05, 0.1) is 0 Å². The fourth-order valence-corrected chi connectivity index (χ4v) is 5.81. The minimum Gasteiger partial charge on any atom is -0.446 e. The Morgan fingerprint density at radius 3 is 1.48 bits per heavy atom. The average molecular weight is 609 g/mol. The number of amides is 1. The first-order valence-electron chi connectivity index (χ1n) is 17.7. The normalized spacial score (nSPS) is 12.8. The molecule has 2 rings (SSSR count). The van der Waals surface area contributed by atoms with Gasteiger partial charge in [0, 0.05) is 40.3 Å². The number of carbonyl (C=O) groups excluding carboxylic acids is 1. The highest BCUT2D eigenvalue weighted by Crippen LogP contribution is 2.19. The molecule has 1 unspecified atom stereocenters. The van der Waals surface area contributed by atoms with Crippen LogP contribution in [-0.4, -0.2) is 55.3 Å². The van der Waals surface area contributed by atoms with Gasteiger partial charge in [-0.3, -0.25) is 4.90 Å². The number of benzene rings is 2. The summed E-state index contributed by atoms with van der Waals surface area (Å²) in [5.41, 5.74) is 1.88. The summed E-state index contributed by atoms with van der Waals surface area (Å²) in [5.74, 6) is 0. The van der Waals surface area contributed by atoms with Gasteiger partial charge in [0.1, 0.15) is 12.2 Å². The van der Waals surface area contributed by atoms with Crippen molar-refractivity contribution in [3.63, 3.8) is 0 Å². The summed E-state index contributed by atoms with van der Waals surface area (Å²) in [5, 5.41) is 0. The third kappa shape index (κ3) is 17.8. The molecule has 2 aromatic rings. The van der Waals surface area contributed by atoms with Crippen LogP contribution in [0.4, 0.5) is 4.79 Å². The van der Waals surface area contributed by atoms with Crippen LogP contribution in [0.15, 0.2) is 60.7 Å². The lowest BCUT2D eigenvalue weighted by Crippen LogP contribution is -2.46. The molecule has 0 radical (unpaired) electrons. The van der Waals surface area contributed by atoms with Crippen LogP contribution in [-0.2, 0) is 22.6 Å². The number of ether oxygens (including phenoxy) is 2. The standard InChI is InChI=1S/C39H64N2O3/c1-5-6-7-8-9-10-11-12-13-14-15-16-17-18-19-26-31-40(3)38(42)44-35-39(2,43-4)34-41(32-36-27-22-20-23-28-36)33-37-29-24-21-25-30-37/h20-25,27-30H,5-19,26,31-35H2,1-4H3. The zero-order valence-electron chi connectivity index (χ0n) is 28.7. The second-order valence-electron chi connectivity index (χ2n) is 13.0. The Balaban J connectivity index is 1.60. The van der Waals surface area contributed by atoms with Crippen molar-refractivity contribution in [1.82, 2.24) is 9.80 Å². The lowest BCUT2D eigenvalue weighted by Gasteiger charge is -2.34. The van der Waals surface area contributed by atoms with Gasteiger partial charge in [-0.05, 0) is 24.5 Å². The van der Waals surface area contributed by atoms with Crippen LogP contribution in [0.25, 0.3) is 0 Å². The number of hydrogen-bond acceptors (Lipinski definition) is 4. The van der Waals surface area contributed by atoms with Crippen molar-refractivity contribution >= 4 is 6.09 Å². The van der Waals surface area contributed by atoms with Crippen LogP contribution in [0.2, 0.25) is 0 Å². The number of methoxy groups -OCH3 is 1. The van der Waals surface area contributed by atoms with Crippen molar-refractivity contribution in [3.05, 3.63) is 71.8 Å². The number of nitrogens with zero attached hydrogens (tertiary/aromatic N) is 2. The van der Waals surface area contributed by atoms with Crippen molar-refractivity contribution in [2.45, 2.75) is 135 Å². The summed E-state index contributed by atoms with van der Waals surface area (Å²) in [7, 11) is 3.55. The molecule has 0 bridgehead atoms. The molecule has 5 nitrogen and oxygen atoms in total. The third-order valence-corrected chi connectivity index (χ3v) is 8.71. The Kier molecular flexibility index (Phi) is 20.6. The van der Waals surface area contributed by atoms with Gasteiger partial charge < -0.3 is 14.4 Å². The monoisotopic (exact) mass is 608 g/mol. The zero-order valence-corrected chi connectivity index (χ0v) is 28.7. The molecule has 0 aromatic heterocycles. The Morgan fingerprint density at radius 2 is 1.07 bits per heavy atom. The quantitative estimate of drug-likeness (QED) is 0.0997. The van der Waals surface area contributed by atoms with E-state index >= 15 is 0 Å². The number of unbranched alkanes of at least 4 members (excludes halogenated alkanes) is 15. The Hall–Kier alpha value is -2.37. The average Bonchev–Trinajstić information content (AvgIpc) is 3.04. The summed E-state index contributed by atoms with van der Waals surface area (Å²) in [4.78, 5) is 16.9. The highest BCUT2D eigenvalue weighted by atomic mass is 16.6. The summed E-state index contributed by atoms with van der Waals surface area (Å²) in [6.45, 7) is 7.49. The maximum atomic E-state index is 12.8. The molecular weight excluding hydrogens is 544 g/mol. The van der Waals surface area contributed by atoms with Gasteiger partial charge in [0.25, 0.3) is 0 Å². The first-order chi connectivity index (χ1) is 21.5. The molecule has 0 fully saturated rings.